The van der Waals surface area contributed by atoms with E-state index in [2.05, 4.69) is 21.2 Å². The van der Waals surface area contributed by atoms with Gasteiger partial charge in [-0.2, -0.15) is 0 Å². The van der Waals surface area contributed by atoms with Gasteiger partial charge in [-0.1, -0.05) is 34.1 Å². The van der Waals surface area contributed by atoms with Crippen molar-refractivity contribution < 1.29 is 9.59 Å². The van der Waals surface area contributed by atoms with Crippen LogP contribution < -0.4 is 10.2 Å². The number of hydrogen-bond acceptors (Lipinski definition) is 2. The first-order valence-corrected chi connectivity index (χ1v) is 7.64. The van der Waals surface area contributed by atoms with E-state index in [1.807, 2.05) is 55.5 Å². The molecule has 0 radical (unpaired) electrons. The number of carbonyl (C=O) groups excluding carboxylic acids is 2. The summed E-state index contributed by atoms with van der Waals surface area (Å²) in [4.78, 5) is 25.6. The maximum absolute atomic E-state index is 12.1. The van der Waals surface area contributed by atoms with Gasteiger partial charge in [-0.05, 0) is 42.8 Å². The first-order chi connectivity index (χ1) is 10.5. The van der Waals surface area contributed by atoms with Crippen molar-refractivity contribution in [2.75, 3.05) is 17.3 Å². The van der Waals surface area contributed by atoms with Gasteiger partial charge in [0.05, 0.1) is 0 Å². The van der Waals surface area contributed by atoms with Gasteiger partial charge in [0.15, 0.2) is 0 Å². The van der Waals surface area contributed by atoms with Crippen molar-refractivity contribution in [3.8, 4) is 0 Å². The van der Waals surface area contributed by atoms with Crippen LogP contribution in [0.5, 0.6) is 0 Å². The number of para-hydroxylation sites is 1. The predicted octanol–water partition coefficient (Wildman–Crippen LogP) is 3.75. The van der Waals surface area contributed by atoms with Crippen LogP contribution in [0.25, 0.3) is 0 Å². The SMILES string of the molecule is Cc1cc(Br)ccc1NC(=O)CC(=O)N(C)c1ccccc1. The number of rotatable bonds is 4. The minimum Gasteiger partial charge on any atom is -0.325 e. The summed E-state index contributed by atoms with van der Waals surface area (Å²) in [6.07, 6.45) is -0.194. The Labute approximate surface area is 138 Å². The molecule has 0 spiro atoms. The molecule has 2 rings (SSSR count). The monoisotopic (exact) mass is 360 g/mol. The molecule has 0 fully saturated rings. The Balaban J connectivity index is 1.98. The van der Waals surface area contributed by atoms with Crippen LogP contribution >= 0.6 is 15.9 Å². The van der Waals surface area contributed by atoms with E-state index in [9.17, 15) is 9.59 Å². The van der Waals surface area contributed by atoms with Crippen molar-refractivity contribution in [1.82, 2.24) is 0 Å². The average Bonchev–Trinajstić information content (AvgIpc) is 2.50. The van der Waals surface area contributed by atoms with Gasteiger partial charge in [0.1, 0.15) is 6.42 Å². The molecule has 0 unspecified atom stereocenters. The van der Waals surface area contributed by atoms with E-state index >= 15 is 0 Å². The summed E-state index contributed by atoms with van der Waals surface area (Å²) in [6.45, 7) is 1.90. The number of nitrogens with one attached hydrogen (secondary N) is 1. The van der Waals surface area contributed by atoms with Crippen LogP contribution in [0.2, 0.25) is 0 Å². The lowest BCUT2D eigenvalue weighted by Gasteiger charge is -2.17. The third-order valence-corrected chi connectivity index (χ3v) is 3.79. The second-order valence-electron chi connectivity index (χ2n) is 4.97. The lowest BCUT2D eigenvalue weighted by atomic mass is 10.2. The van der Waals surface area contributed by atoms with E-state index in [-0.39, 0.29) is 18.2 Å². The molecule has 114 valence electrons. The number of anilines is 2. The first-order valence-electron chi connectivity index (χ1n) is 6.85. The predicted molar refractivity (Wildman–Crippen MR) is 92.0 cm³/mol. The van der Waals surface area contributed by atoms with Gasteiger partial charge in [-0.3, -0.25) is 9.59 Å². The number of nitrogens with zero attached hydrogens (tertiary/aromatic N) is 1. The fourth-order valence-electron chi connectivity index (χ4n) is 2.01. The summed E-state index contributed by atoms with van der Waals surface area (Å²) in [5.74, 6) is -0.573. The summed E-state index contributed by atoms with van der Waals surface area (Å²) in [6, 6.07) is 14.8. The van der Waals surface area contributed by atoms with E-state index in [0.29, 0.717) is 5.69 Å². The van der Waals surface area contributed by atoms with Crippen LogP contribution in [0.3, 0.4) is 0 Å². The van der Waals surface area contributed by atoms with Crippen LogP contribution in [0.1, 0.15) is 12.0 Å². The highest BCUT2D eigenvalue weighted by Gasteiger charge is 2.15. The minimum atomic E-state index is -0.321. The molecule has 5 heteroatoms. The molecule has 0 atom stereocenters. The van der Waals surface area contributed by atoms with Crippen LogP contribution in [-0.4, -0.2) is 18.9 Å². The van der Waals surface area contributed by atoms with Crippen LogP contribution in [0, 0.1) is 6.92 Å². The van der Waals surface area contributed by atoms with E-state index in [1.54, 1.807) is 7.05 Å². The zero-order chi connectivity index (χ0) is 16.1. The Kier molecular flexibility index (Phi) is 5.33. The van der Waals surface area contributed by atoms with Crippen LogP contribution in [0.4, 0.5) is 11.4 Å². The Morgan fingerprint density at radius 1 is 1.14 bits per heavy atom. The Morgan fingerprint density at radius 2 is 1.82 bits per heavy atom. The number of halogens is 1. The summed E-state index contributed by atoms with van der Waals surface area (Å²) >= 11 is 3.37. The van der Waals surface area contributed by atoms with E-state index in [0.717, 1.165) is 15.7 Å². The van der Waals surface area contributed by atoms with Crippen LogP contribution in [-0.2, 0) is 9.59 Å². The second-order valence-corrected chi connectivity index (χ2v) is 5.89. The van der Waals surface area contributed by atoms with Gasteiger partial charge >= 0.3 is 0 Å². The number of benzene rings is 2. The summed E-state index contributed by atoms with van der Waals surface area (Å²) in [5, 5.41) is 2.77. The summed E-state index contributed by atoms with van der Waals surface area (Å²) < 4.78 is 0.947. The summed E-state index contributed by atoms with van der Waals surface area (Å²) in [7, 11) is 1.66. The molecule has 2 amide bonds. The van der Waals surface area contributed by atoms with E-state index in [1.165, 1.54) is 4.90 Å². The number of aryl methyl sites for hydroxylation is 1. The van der Waals surface area contributed by atoms with Gasteiger partial charge in [0.2, 0.25) is 11.8 Å². The standard InChI is InChI=1S/C17H17BrN2O2/c1-12-10-13(18)8-9-15(12)19-16(21)11-17(22)20(2)14-6-4-3-5-7-14/h3-10H,11H2,1-2H3,(H,19,21). The average molecular weight is 361 g/mol. The van der Waals surface area contributed by atoms with Crippen molar-refractivity contribution >= 4 is 39.1 Å². The van der Waals surface area contributed by atoms with Gasteiger partial charge in [-0.25, -0.2) is 0 Å². The molecular weight excluding hydrogens is 344 g/mol. The zero-order valence-corrected chi connectivity index (χ0v) is 14.1. The summed E-state index contributed by atoms with van der Waals surface area (Å²) in [5.41, 5.74) is 2.41. The molecule has 22 heavy (non-hydrogen) atoms. The molecule has 0 aromatic heterocycles. The van der Waals surface area contributed by atoms with Crippen molar-refractivity contribution in [1.29, 1.82) is 0 Å². The molecule has 1 N–H and O–H groups in total. The fraction of sp³-hybridized carbons (Fsp3) is 0.176. The van der Waals surface area contributed by atoms with Crippen molar-refractivity contribution in [3.05, 3.63) is 58.6 Å². The molecule has 2 aromatic rings. The highest BCUT2D eigenvalue weighted by atomic mass is 79.9. The lowest BCUT2D eigenvalue weighted by Crippen LogP contribution is -2.30. The smallest absolute Gasteiger partial charge is 0.236 e. The molecule has 2 aromatic carbocycles. The molecule has 0 saturated heterocycles. The molecule has 0 aliphatic heterocycles. The van der Waals surface area contributed by atoms with Gasteiger partial charge in [-0.15, -0.1) is 0 Å². The Morgan fingerprint density at radius 3 is 2.45 bits per heavy atom. The maximum Gasteiger partial charge on any atom is 0.236 e. The molecule has 0 bridgehead atoms. The number of amides is 2. The molecule has 0 aliphatic carbocycles. The second kappa shape index (κ2) is 7.22. The third-order valence-electron chi connectivity index (χ3n) is 3.29. The molecular formula is C17H17BrN2O2. The van der Waals surface area contributed by atoms with Gasteiger partial charge < -0.3 is 10.2 Å². The van der Waals surface area contributed by atoms with E-state index in [4.69, 9.17) is 0 Å². The Bertz CT molecular complexity index is 686. The highest BCUT2D eigenvalue weighted by Crippen LogP contribution is 2.20. The normalized spacial score (nSPS) is 10.1. The quantitative estimate of drug-likeness (QED) is 0.844. The van der Waals surface area contributed by atoms with E-state index < -0.39 is 0 Å². The molecule has 4 nitrogen and oxygen atoms in total. The molecule has 0 saturated carbocycles. The third kappa shape index (κ3) is 4.18. The maximum atomic E-state index is 12.1. The van der Waals surface area contributed by atoms with Crippen molar-refractivity contribution in [2.45, 2.75) is 13.3 Å². The number of hydrogen-bond donors (Lipinski definition) is 1. The fourth-order valence-corrected chi connectivity index (χ4v) is 2.49. The topological polar surface area (TPSA) is 49.4 Å². The number of carbonyl (C=O) groups is 2. The molecule has 0 heterocycles. The zero-order valence-electron chi connectivity index (χ0n) is 12.5. The van der Waals surface area contributed by atoms with Crippen molar-refractivity contribution in [2.24, 2.45) is 0 Å². The lowest BCUT2D eigenvalue weighted by molar-refractivity contribution is -0.125. The first kappa shape index (κ1) is 16.2. The Hall–Kier alpha value is -2.14. The van der Waals surface area contributed by atoms with Gasteiger partial charge in [0.25, 0.3) is 0 Å². The highest BCUT2D eigenvalue weighted by molar-refractivity contribution is 9.10. The van der Waals surface area contributed by atoms with Gasteiger partial charge in [0, 0.05) is 22.9 Å². The minimum absolute atomic E-state index is 0.194. The van der Waals surface area contributed by atoms with Crippen molar-refractivity contribution in [3.63, 3.8) is 0 Å². The molecule has 0 aliphatic rings. The van der Waals surface area contributed by atoms with Crippen LogP contribution in [0.15, 0.2) is 53.0 Å². The largest absolute Gasteiger partial charge is 0.325 e.